The van der Waals surface area contributed by atoms with Gasteiger partial charge in [0.1, 0.15) is 12.1 Å². The van der Waals surface area contributed by atoms with Gasteiger partial charge < -0.3 is 20.1 Å². The van der Waals surface area contributed by atoms with Crippen molar-refractivity contribution >= 4 is 47.3 Å². The first-order valence-electron chi connectivity index (χ1n) is 11.1. The SMILES string of the molecule is COC(=O)CCS[C@@H](Cc1ccccc1)C(=O)N[C@H]1CCS[C@H]2CCC[C@@H](C(=O)O)N2C1=O. The van der Waals surface area contributed by atoms with E-state index < -0.39 is 23.3 Å². The summed E-state index contributed by atoms with van der Waals surface area (Å²) in [5, 5.41) is 11.9. The van der Waals surface area contributed by atoms with Crippen molar-refractivity contribution in [2.45, 2.75) is 61.2 Å². The lowest BCUT2D eigenvalue weighted by Gasteiger charge is -2.39. The van der Waals surface area contributed by atoms with Crippen molar-refractivity contribution in [2.75, 3.05) is 18.6 Å². The van der Waals surface area contributed by atoms with Crippen LogP contribution in [0.15, 0.2) is 30.3 Å². The largest absolute Gasteiger partial charge is 0.480 e. The fraction of sp³-hybridized carbons (Fsp3) is 0.565. The van der Waals surface area contributed by atoms with Crippen LogP contribution in [-0.4, -0.2) is 75.1 Å². The highest BCUT2D eigenvalue weighted by molar-refractivity contribution is 8.00. The van der Waals surface area contributed by atoms with Crippen LogP contribution in [0.2, 0.25) is 0 Å². The molecule has 1 aromatic carbocycles. The molecule has 3 rings (SSSR count). The summed E-state index contributed by atoms with van der Waals surface area (Å²) in [5.41, 5.74) is 0.980. The highest BCUT2D eigenvalue weighted by atomic mass is 32.2. The van der Waals surface area contributed by atoms with E-state index in [9.17, 15) is 24.3 Å². The van der Waals surface area contributed by atoms with Crippen LogP contribution in [0.5, 0.6) is 0 Å². The molecule has 8 nitrogen and oxygen atoms in total. The monoisotopic (exact) mass is 494 g/mol. The first-order chi connectivity index (χ1) is 15.9. The van der Waals surface area contributed by atoms with Crippen LogP contribution >= 0.6 is 23.5 Å². The Morgan fingerprint density at radius 1 is 1.24 bits per heavy atom. The van der Waals surface area contributed by atoms with Crippen molar-refractivity contribution < 1.29 is 29.0 Å². The Bertz CT molecular complexity index is 853. The Labute approximate surface area is 202 Å². The molecule has 2 aliphatic rings. The number of nitrogens with one attached hydrogen (secondary N) is 1. The number of esters is 1. The molecule has 0 saturated carbocycles. The van der Waals surface area contributed by atoms with Gasteiger partial charge in [0.05, 0.1) is 24.2 Å². The minimum Gasteiger partial charge on any atom is -0.480 e. The number of thioether (sulfide) groups is 2. The van der Waals surface area contributed by atoms with E-state index in [2.05, 4.69) is 10.1 Å². The molecule has 0 radical (unpaired) electrons. The lowest BCUT2D eigenvalue weighted by atomic mass is 10.00. The number of carbonyl (C=O) groups is 4. The van der Waals surface area contributed by atoms with Gasteiger partial charge in [-0.2, -0.15) is 0 Å². The van der Waals surface area contributed by atoms with E-state index in [1.54, 1.807) is 11.8 Å². The van der Waals surface area contributed by atoms with Crippen LogP contribution in [0.1, 0.15) is 37.7 Å². The fourth-order valence-electron chi connectivity index (χ4n) is 4.13. The number of piperidine rings is 1. The van der Waals surface area contributed by atoms with E-state index in [1.807, 2.05) is 30.3 Å². The predicted molar refractivity (Wildman–Crippen MR) is 128 cm³/mol. The van der Waals surface area contributed by atoms with Gasteiger partial charge in [-0.1, -0.05) is 30.3 Å². The highest BCUT2D eigenvalue weighted by Crippen LogP contribution is 2.34. The van der Waals surface area contributed by atoms with Gasteiger partial charge in [0.2, 0.25) is 11.8 Å². The minimum atomic E-state index is -0.999. The second-order valence-corrected chi connectivity index (χ2v) is 10.7. The van der Waals surface area contributed by atoms with E-state index in [-0.39, 0.29) is 29.6 Å². The molecule has 2 saturated heterocycles. The Morgan fingerprint density at radius 3 is 2.70 bits per heavy atom. The van der Waals surface area contributed by atoms with Gasteiger partial charge in [-0.3, -0.25) is 14.4 Å². The van der Waals surface area contributed by atoms with Crippen LogP contribution in [0, 0.1) is 0 Å². The van der Waals surface area contributed by atoms with Gasteiger partial charge in [-0.25, -0.2) is 4.79 Å². The van der Waals surface area contributed by atoms with Gasteiger partial charge >= 0.3 is 11.9 Å². The second kappa shape index (κ2) is 12.3. The van der Waals surface area contributed by atoms with Crippen molar-refractivity contribution in [2.24, 2.45) is 0 Å². The lowest BCUT2D eigenvalue weighted by Crippen LogP contribution is -2.57. The zero-order valence-electron chi connectivity index (χ0n) is 18.6. The van der Waals surface area contributed by atoms with Crippen molar-refractivity contribution in [1.29, 1.82) is 0 Å². The third-order valence-corrected chi connectivity index (χ3v) is 8.40. The van der Waals surface area contributed by atoms with E-state index >= 15 is 0 Å². The number of carbonyl (C=O) groups excluding carboxylic acids is 3. The first-order valence-corrected chi connectivity index (χ1v) is 13.2. The Hall–Kier alpha value is -2.20. The van der Waals surface area contributed by atoms with E-state index in [0.29, 0.717) is 30.8 Å². The summed E-state index contributed by atoms with van der Waals surface area (Å²) in [5.74, 6) is -0.846. The average Bonchev–Trinajstić information content (AvgIpc) is 2.97. The number of hydrogen-bond donors (Lipinski definition) is 2. The first kappa shape index (κ1) is 25.4. The zero-order chi connectivity index (χ0) is 23.8. The highest BCUT2D eigenvalue weighted by Gasteiger charge is 2.43. The summed E-state index contributed by atoms with van der Waals surface area (Å²) in [4.78, 5) is 51.3. The molecule has 0 unspecified atom stereocenters. The number of ether oxygens (including phenoxy) is 1. The Morgan fingerprint density at radius 2 is 2.00 bits per heavy atom. The van der Waals surface area contributed by atoms with Crippen LogP contribution in [0.3, 0.4) is 0 Å². The number of carboxylic acids is 1. The molecule has 0 spiro atoms. The molecule has 0 aliphatic carbocycles. The van der Waals surface area contributed by atoms with Gasteiger partial charge in [0, 0.05) is 5.75 Å². The van der Waals surface area contributed by atoms with E-state index in [0.717, 1.165) is 18.4 Å². The van der Waals surface area contributed by atoms with Gasteiger partial charge in [0.25, 0.3) is 0 Å². The molecule has 33 heavy (non-hydrogen) atoms. The van der Waals surface area contributed by atoms with Crippen LogP contribution in [0.25, 0.3) is 0 Å². The maximum Gasteiger partial charge on any atom is 0.326 e. The molecular formula is C23H30N2O6S2. The smallest absolute Gasteiger partial charge is 0.326 e. The normalized spacial score (nSPS) is 23.7. The third kappa shape index (κ3) is 6.89. The topological polar surface area (TPSA) is 113 Å². The maximum absolute atomic E-state index is 13.3. The number of hydrogen-bond acceptors (Lipinski definition) is 7. The molecule has 4 atom stereocenters. The number of aliphatic carboxylic acids is 1. The Balaban J connectivity index is 1.71. The van der Waals surface area contributed by atoms with E-state index in [4.69, 9.17) is 0 Å². The number of rotatable bonds is 9. The summed E-state index contributed by atoms with van der Waals surface area (Å²) >= 11 is 2.94. The fourth-order valence-corrected chi connectivity index (χ4v) is 6.62. The molecule has 10 heteroatoms. The minimum absolute atomic E-state index is 0.163. The van der Waals surface area contributed by atoms with Crippen LogP contribution in [0.4, 0.5) is 0 Å². The number of nitrogens with zero attached hydrogens (tertiary/aromatic N) is 1. The molecule has 1 aromatic rings. The quantitative estimate of drug-likeness (QED) is 0.503. The molecule has 0 aromatic heterocycles. The van der Waals surface area contributed by atoms with Crippen molar-refractivity contribution in [3.63, 3.8) is 0 Å². The number of fused-ring (bicyclic) bond motifs is 1. The zero-order valence-corrected chi connectivity index (χ0v) is 20.2. The maximum atomic E-state index is 13.3. The lowest BCUT2D eigenvalue weighted by molar-refractivity contribution is -0.154. The molecule has 2 N–H and O–H groups in total. The number of methoxy groups -OCH3 is 1. The summed E-state index contributed by atoms with van der Waals surface area (Å²) in [7, 11) is 1.33. The van der Waals surface area contributed by atoms with Crippen LogP contribution in [-0.2, 0) is 30.3 Å². The molecule has 2 heterocycles. The molecule has 2 aliphatic heterocycles. The predicted octanol–water partition coefficient (Wildman–Crippen LogP) is 2.31. The summed E-state index contributed by atoms with van der Waals surface area (Å²) in [6.45, 7) is 0. The average molecular weight is 495 g/mol. The molecule has 0 bridgehead atoms. The molecule has 2 fully saturated rings. The molecule has 180 valence electrons. The third-order valence-electron chi connectivity index (χ3n) is 5.85. The van der Waals surface area contributed by atoms with Gasteiger partial charge in [-0.15, -0.1) is 23.5 Å². The van der Waals surface area contributed by atoms with Crippen LogP contribution < -0.4 is 5.32 Å². The summed E-state index contributed by atoms with van der Waals surface area (Å²) in [6.07, 6.45) is 3.07. The van der Waals surface area contributed by atoms with Crippen molar-refractivity contribution in [1.82, 2.24) is 10.2 Å². The Kier molecular flexibility index (Phi) is 9.49. The van der Waals surface area contributed by atoms with Gasteiger partial charge in [-0.05, 0) is 43.4 Å². The van der Waals surface area contributed by atoms with Crippen molar-refractivity contribution in [3.05, 3.63) is 35.9 Å². The number of carboxylic acid groups (broad SMARTS) is 1. The van der Waals surface area contributed by atoms with E-state index in [1.165, 1.54) is 23.8 Å². The molecule has 2 amide bonds. The van der Waals surface area contributed by atoms with Gasteiger partial charge in [0.15, 0.2) is 0 Å². The summed E-state index contributed by atoms with van der Waals surface area (Å²) in [6, 6.07) is 7.97. The van der Waals surface area contributed by atoms with Crippen molar-refractivity contribution in [3.8, 4) is 0 Å². The summed E-state index contributed by atoms with van der Waals surface area (Å²) < 4.78 is 4.69. The second-order valence-electron chi connectivity index (χ2n) is 8.08. The molecular weight excluding hydrogens is 464 g/mol. The standard InChI is InChI=1S/C23H30N2O6S2/c1-31-20(26)11-13-32-18(14-15-6-3-2-4-7-15)21(27)24-16-10-12-33-19-9-5-8-17(23(29)30)25(19)22(16)28/h2-4,6-7,16-19H,5,8-14H2,1H3,(H,24,27)(H,29,30)/t16-,17-,18-,19-/m0/s1. The number of amides is 2. The number of benzene rings is 1.